The van der Waals surface area contributed by atoms with Crippen LogP contribution in [0, 0.1) is 0 Å². The minimum absolute atomic E-state index is 0.160. The molecular formula is C18H16N6O3. The summed E-state index contributed by atoms with van der Waals surface area (Å²) in [4.78, 5) is 32.2. The fourth-order valence-corrected chi connectivity index (χ4v) is 2.71. The van der Waals surface area contributed by atoms with E-state index in [0.29, 0.717) is 23.5 Å². The van der Waals surface area contributed by atoms with Gasteiger partial charge in [-0.3, -0.25) is 9.36 Å². The zero-order valence-electron chi connectivity index (χ0n) is 14.3. The van der Waals surface area contributed by atoms with E-state index < -0.39 is 5.76 Å². The number of nitrogens with zero attached hydrogens (tertiary/aromatic N) is 5. The zero-order chi connectivity index (χ0) is 18.6. The maximum Gasteiger partial charge on any atom is 0.419 e. The van der Waals surface area contributed by atoms with Gasteiger partial charge in [-0.25, -0.2) is 19.4 Å². The lowest BCUT2D eigenvalue weighted by molar-refractivity contribution is -0.121. The van der Waals surface area contributed by atoms with Crippen LogP contribution in [0.2, 0.25) is 0 Å². The van der Waals surface area contributed by atoms with Gasteiger partial charge in [0.05, 0.1) is 5.52 Å². The number of oxazole rings is 1. The lowest BCUT2D eigenvalue weighted by atomic mass is 10.2. The third-order valence-electron chi connectivity index (χ3n) is 4.09. The molecule has 0 aliphatic carbocycles. The first-order valence-electron chi connectivity index (χ1n) is 8.36. The fourth-order valence-electron chi connectivity index (χ4n) is 2.71. The van der Waals surface area contributed by atoms with E-state index in [4.69, 9.17) is 4.42 Å². The van der Waals surface area contributed by atoms with Gasteiger partial charge in [0.1, 0.15) is 12.7 Å². The molecule has 136 valence electrons. The van der Waals surface area contributed by atoms with Crippen molar-refractivity contribution in [2.45, 2.75) is 19.5 Å². The Morgan fingerprint density at radius 2 is 2.07 bits per heavy atom. The van der Waals surface area contributed by atoms with Crippen molar-refractivity contribution in [3.05, 3.63) is 71.4 Å². The lowest BCUT2D eigenvalue weighted by Crippen LogP contribution is -2.25. The summed E-state index contributed by atoms with van der Waals surface area (Å²) in [5.74, 6) is 0.0261. The first-order chi connectivity index (χ1) is 13.2. The van der Waals surface area contributed by atoms with Crippen LogP contribution in [0.5, 0.6) is 0 Å². The van der Waals surface area contributed by atoms with Crippen LogP contribution in [-0.2, 0) is 17.9 Å². The number of carbonyl (C=O) groups excluding carboxylic acids is 1. The van der Waals surface area contributed by atoms with Gasteiger partial charge in [-0.15, -0.1) is 0 Å². The molecule has 27 heavy (non-hydrogen) atoms. The van der Waals surface area contributed by atoms with E-state index in [1.165, 1.54) is 10.9 Å². The van der Waals surface area contributed by atoms with Crippen molar-refractivity contribution in [1.82, 2.24) is 29.6 Å². The Hall–Kier alpha value is -3.75. The Morgan fingerprint density at radius 1 is 1.19 bits per heavy atom. The third kappa shape index (κ3) is 3.61. The number of amides is 1. The Balaban J connectivity index is 1.33. The molecule has 0 radical (unpaired) electrons. The average molecular weight is 364 g/mol. The van der Waals surface area contributed by atoms with Gasteiger partial charge in [-0.05, 0) is 23.8 Å². The molecule has 0 saturated carbocycles. The molecule has 0 saturated heterocycles. The van der Waals surface area contributed by atoms with Crippen LogP contribution in [-0.4, -0.2) is 30.2 Å². The molecule has 1 N–H and O–H groups in total. The normalized spacial score (nSPS) is 11.0. The molecule has 4 aromatic rings. The van der Waals surface area contributed by atoms with Crippen LogP contribution in [0.1, 0.15) is 12.0 Å². The number of aryl methyl sites for hydroxylation is 1. The summed E-state index contributed by atoms with van der Waals surface area (Å²) in [6.45, 7) is 0.607. The number of benzene rings is 1. The number of para-hydroxylation sites is 2. The van der Waals surface area contributed by atoms with Crippen molar-refractivity contribution in [1.29, 1.82) is 0 Å². The zero-order valence-corrected chi connectivity index (χ0v) is 14.3. The molecule has 0 aliphatic heterocycles. The molecular weight excluding hydrogens is 348 g/mol. The van der Waals surface area contributed by atoms with Crippen LogP contribution in [0.4, 0.5) is 0 Å². The summed E-state index contributed by atoms with van der Waals surface area (Å²) in [6, 6.07) is 10.8. The van der Waals surface area contributed by atoms with Gasteiger partial charge in [-0.1, -0.05) is 18.2 Å². The van der Waals surface area contributed by atoms with Crippen LogP contribution in [0.25, 0.3) is 16.9 Å². The molecule has 3 aromatic heterocycles. The fraction of sp³-hybridized carbons (Fsp3) is 0.167. The number of rotatable bonds is 6. The summed E-state index contributed by atoms with van der Waals surface area (Å²) < 4.78 is 8.17. The highest BCUT2D eigenvalue weighted by Crippen LogP contribution is 2.12. The highest BCUT2D eigenvalue weighted by atomic mass is 16.4. The minimum atomic E-state index is -0.461. The molecule has 0 unspecified atom stereocenters. The van der Waals surface area contributed by atoms with E-state index in [0.717, 1.165) is 5.56 Å². The van der Waals surface area contributed by atoms with Crippen LogP contribution < -0.4 is 11.1 Å². The van der Waals surface area contributed by atoms with Gasteiger partial charge in [-0.2, -0.15) is 5.10 Å². The number of hydrogen-bond acceptors (Lipinski definition) is 6. The van der Waals surface area contributed by atoms with Gasteiger partial charge in [0.25, 0.3) is 0 Å². The topological polar surface area (TPSA) is 108 Å². The summed E-state index contributed by atoms with van der Waals surface area (Å²) >= 11 is 0. The van der Waals surface area contributed by atoms with Crippen molar-refractivity contribution in [2.24, 2.45) is 0 Å². The van der Waals surface area contributed by atoms with Crippen LogP contribution in [0.3, 0.4) is 0 Å². The second-order valence-corrected chi connectivity index (χ2v) is 5.88. The molecule has 3 heterocycles. The predicted molar refractivity (Wildman–Crippen MR) is 96.1 cm³/mol. The van der Waals surface area contributed by atoms with E-state index >= 15 is 0 Å². The maximum absolute atomic E-state index is 12.1. The molecule has 4 rings (SSSR count). The number of carbonyl (C=O) groups is 1. The van der Waals surface area contributed by atoms with Gasteiger partial charge >= 0.3 is 5.76 Å². The molecule has 9 heteroatoms. The first kappa shape index (κ1) is 16.7. The minimum Gasteiger partial charge on any atom is -0.408 e. The Bertz CT molecular complexity index is 1110. The monoisotopic (exact) mass is 364 g/mol. The molecule has 9 nitrogen and oxygen atoms in total. The summed E-state index contributed by atoms with van der Waals surface area (Å²) in [5, 5.41) is 6.83. The summed E-state index contributed by atoms with van der Waals surface area (Å²) in [6.07, 6.45) is 4.84. The molecule has 0 bridgehead atoms. The summed E-state index contributed by atoms with van der Waals surface area (Å²) in [5.41, 5.74) is 2.06. The quantitative estimate of drug-likeness (QED) is 0.552. The summed E-state index contributed by atoms with van der Waals surface area (Å²) in [7, 11) is 0. The van der Waals surface area contributed by atoms with Crippen molar-refractivity contribution >= 4 is 17.0 Å². The smallest absolute Gasteiger partial charge is 0.408 e. The SMILES string of the molecule is O=C(CCn1c(=O)oc2ccccc21)NCc1ccc(-n2cncn2)nc1. The standard InChI is InChI=1S/C18H16N6O3/c25-17(7-8-23-14-3-1-2-4-15(14)27-18(23)26)21-10-13-5-6-16(20-9-13)24-12-19-11-22-24/h1-6,9,11-12H,7-8,10H2,(H,21,25). The van der Waals surface area contributed by atoms with E-state index in [1.54, 1.807) is 41.5 Å². The highest BCUT2D eigenvalue weighted by molar-refractivity contribution is 5.76. The molecule has 0 fully saturated rings. The molecule has 1 aromatic carbocycles. The van der Waals surface area contributed by atoms with Gasteiger partial charge < -0.3 is 9.73 Å². The molecule has 0 atom stereocenters. The predicted octanol–water partition coefficient (Wildman–Crippen LogP) is 1.28. The highest BCUT2D eigenvalue weighted by Gasteiger charge is 2.10. The van der Waals surface area contributed by atoms with Crippen molar-refractivity contribution in [2.75, 3.05) is 0 Å². The Kier molecular flexibility index (Phi) is 4.48. The van der Waals surface area contributed by atoms with Gasteiger partial charge in [0.15, 0.2) is 11.4 Å². The number of pyridine rings is 1. The van der Waals surface area contributed by atoms with E-state index in [1.807, 2.05) is 12.1 Å². The van der Waals surface area contributed by atoms with Crippen molar-refractivity contribution < 1.29 is 9.21 Å². The number of aromatic nitrogens is 5. The second-order valence-electron chi connectivity index (χ2n) is 5.88. The van der Waals surface area contributed by atoms with E-state index in [-0.39, 0.29) is 18.9 Å². The van der Waals surface area contributed by atoms with Crippen molar-refractivity contribution in [3.63, 3.8) is 0 Å². The van der Waals surface area contributed by atoms with Crippen LogP contribution in [0.15, 0.2) is 64.5 Å². The number of nitrogens with one attached hydrogen (secondary N) is 1. The van der Waals surface area contributed by atoms with E-state index in [9.17, 15) is 9.59 Å². The van der Waals surface area contributed by atoms with Gasteiger partial charge in [0.2, 0.25) is 5.91 Å². The number of hydrogen-bond donors (Lipinski definition) is 1. The maximum atomic E-state index is 12.1. The Labute approximate surface area is 153 Å². The van der Waals surface area contributed by atoms with Gasteiger partial charge in [0, 0.05) is 25.7 Å². The second kappa shape index (κ2) is 7.24. The van der Waals surface area contributed by atoms with E-state index in [2.05, 4.69) is 20.4 Å². The van der Waals surface area contributed by atoms with Crippen LogP contribution >= 0.6 is 0 Å². The lowest BCUT2D eigenvalue weighted by Gasteiger charge is -2.06. The Morgan fingerprint density at radius 3 is 2.85 bits per heavy atom. The molecule has 1 amide bonds. The molecule has 0 spiro atoms. The third-order valence-corrected chi connectivity index (χ3v) is 4.09. The largest absolute Gasteiger partial charge is 0.419 e. The van der Waals surface area contributed by atoms with Crippen molar-refractivity contribution in [3.8, 4) is 5.82 Å². The average Bonchev–Trinajstić information content (AvgIpc) is 3.33. The molecule has 0 aliphatic rings. The first-order valence-corrected chi connectivity index (χ1v) is 8.36. The number of fused-ring (bicyclic) bond motifs is 1.